The molecule has 2 aromatic heterocycles. The van der Waals surface area contributed by atoms with Gasteiger partial charge in [-0.15, -0.1) is 11.3 Å². The number of hydrogen-bond acceptors (Lipinski definition) is 5. The van der Waals surface area contributed by atoms with Crippen LogP contribution < -0.4 is 5.32 Å². The number of nitrogens with zero attached hydrogens (tertiary/aromatic N) is 2. The Hall–Kier alpha value is -0.910. The van der Waals surface area contributed by atoms with Crippen molar-refractivity contribution < 1.29 is 4.74 Å². The number of nitrogens with one attached hydrogen (secondary N) is 1. The third-order valence-electron chi connectivity index (χ3n) is 2.57. The van der Waals surface area contributed by atoms with Crippen LogP contribution in [0.5, 0.6) is 0 Å². The number of aromatic nitrogens is 2. The Morgan fingerprint density at radius 3 is 2.82 bits per heavy atom. The van der Waals surface area contributed by atoms with Crippen LogP contribution >= 0.6 is 22.9 Å². The predicted octanol–water partition coefficient (Wildman–Crippen LogP) is 3.02. The summed E-state index contributed by atoms with van der Waals surface area (Å²) in [6.45, 7) is 5.39. The standard InChI is InChI=1S/C11H14ClN3OS/c1-6-7(2)17-10-8(6)9(12)14-11(15-10)13-4-5-16-3/h4-5H2,1-3H3,(H,13,14,15). The van der Waals surface area contributed by atoms with E-state index >= 15 is 0 Å². The Kier molecular flexibility index (Phi) is 3.81. The number of anilines is 1. The Labute approximate surface area is 109 Å². The molecule has 17 heavy (non-hydrogen) atoms. The van der Waals surface area contributed by atoms with Crippen LogP contribution in [0.15, 0.2) is 0 Å². The van der Waals surface area contributed by atoms with E-state index in [2.05, 4.69) is 22.2 Å². The van der Waals surface area contributed by atoms with E-state index in [9.17, 15) is 0 Å². The number of hydrogen-bond donors (Lipinski definition) is 1. The van der Waals surface area contributed by atoms with E-state index in [4.69, 9.17) is 16.3 Å². The van der Waals surface area contributed by atoms with Crippen LogP contribution in [0.1, 0.15) is 10.4 Å². The second-order valence-corrected chi connectivity index (χ2v) is 5.28. The molecule has 6 heteroatoms. The maximum absolute atomic E-state index is 6.18. The highest BCUT2D eigenvalue weighted by Gasteiger charge is 2.12. The van der Waals surface area contributed by atoms with Crippen molar-refractivity contribution in [2.75, 3.05) is 25.6 Å². The molecule has 0 saturated carbocycles. The SMILES string of the molecule is COCCNc1nc(Cl)c2c(C)c(C)sc2n1. The first kappa shape index (κ1) is 12.5. The van der Waals surface area contributed by atoms with Gasteiger partial charge in [0.25, 0.3) is 0 Å². The van der Waals surface area contributed by atoms with Crippen molar-refractivity contribution in [3.8, 4) is 0 Å². The van der Waals surface area contributed by atoms with Gasteiger partial charge in [0.15, 0.2) is 0 Å². The summed E-state index contributed by atoms with van der Waals surface area (Å²) >= 11 is 7.82. The molecule has 0 fully saturated rings. The van der Waals surface area contributed by atoms with Gasteiger partial charge >= 0.3 is 0 Å². The third kappa shape index (κ3) is 2.51. The highest BCUT2D eigenvalue weighted by molar-refractivity contribution is 7.18. The van der Waals surface area contributed by atoms with Gasteiger partial charge in [0.05, 0.1) is 12.0 Å². The maximum Gasteiger partial charge on any atom is 0.225 e. The fraction of sp³-hybridized carbons (Fsp3) is 0.455. The van der Waals surface area contributed by atoms with Gasteiger partial charge in [-0.05, 0) is 19.4 Å². The molecule has 0 atom stereocenters. The van der Waals surface area contributed by atoms with E-state index in [0.717, 1.165) is 10.2 Å². The average Bonchev–Trinajstić information content (AvgIpc) is 2.55. The average molecular weight is 272 g/mol. The monoisotopic (exact) mass is 271 g/mol. The number of aryl methyl sites for hydroxylation is 2. The van der Waals surface area contributed by atoms with E-state index < -0.39 is 0 Å². The first-order valence-corrected chi connectivity index (χ1v) is 6.49. The summed E-state index contributed by atoms with van der Waals surface area (Å²) in [4.78, 5) is 10.8. The molecule has 4 nitrogen and oxygen atoms in total. The smallest absolute Gasteiger partial charge is 0.225 e. The largest absolute Gasteiger partial charge is 0.383 e. The molecule has 0 unspecified atom stereocenters. The van der Waals surface area contributed by atoms with Crippen molar-refractivity contribution in [2.45, 2.75) is 13.8 Å². The van der Waals surface area contributed by atoms with Crippen molar-refractivity contribution in [2.24, 2.45) is 0 Å². The molecule has 2 rings (SSSR count). The van der Waals surface area contributed by atoms with Crippen LogP contribution in [-0.2, 0) is 4.74 Å². The maximum atomic E-state index is 6.18. The lowest BCUT2D eigenvalue weighted by Crippen LogP contribution is -2.10. The lowest BCUT2D eigenvalue weighted by molar-refractivity contribution is 0.210. The van der Waals surface area contributed by atoms with Crippen molar-refractivity contribution in [1.82, 2.24) is 9.97 Å². The number of methoxy groups -OCH3 is 1. The molecule has 2 heterocycles. The van der Waals surface area contributed by atoms with Crippen molar-refractivity contribution in [3.63, 3.8) is 0 Å². The van der Waals surface area contributed by atoms with E-state index in [-0.39, 0.29) is 0 Å². The summed E-state index contributed by atoms with van der Waals surface area (Å²) in [6.07, 6.45) is 0. The Bertz CT molecular complexity index is 541. The van der Waals surface area contributed by atoms with Gasteiger partial charge in [0, 0.05) is 18.5 Å². The minimum atomic E-state index is 0.511. The zero-order chi connectivity index (χ0) is 12.4. The van der Waals surface area contributed by atoms with E-state index in [1.165, 1.54) is 10.4 Å². The van der Waals surface area contributed by atoms with Crippen LogP contribution in [0, 0.1) is 13.8 Å². The van der Waals surface area contributed by atoms with Crippen LogP contribution in [-0.4, -0.2) is 30.2 Å². The molecule has 0 amide bonds. The van der Waals surface area contributed by atoms with Gasteiger partial charge in [-0.2, -0.15) is 0 Å². The van der Waals surface area contributed by atoms with Crippen molar-refractivity contribution in [1.29, 1.82) is 0 Å². The Balaban J connectivity index is 2.35. The van der Waals surface area contributed by atoms with E-state index in [1.54, 1.807) is 18.4 Å². The lowest BCUT2D eigenvalue weighted by Gasteiger charge is -2.04. The van der Waals surface area contributed by atoms with Gasteiger partial charge in [0.1, 0.15) is 9.98 Å². The molecule has 0 aliphatic heterocycles. The van der Waals surface area contributed by atoms with Gasteiger partial charge < -0.3 is 10.1 Å². The van der Waals surface area contributed by atoms with E-state index in [1.807, 2.05) is 6.92 Å². The molecular weight excluding hydrogens is 258 g/mol. The normalized spacial score (nSPS) is 11.1. The van der Waals surface area contributed by atoms with Gasteiger partial charge in [-0.1, -0.05) is 11.6 Å². The highest BCUT2D eigenvalue weighted by atomic mass is 35.5. The number of halogens is 1. The zero-order valence-electron chi connectivity index (χ0n) is 10.0. The predicted molar refractivity (Wildman–Crippen MR) is 72.3 cm³/mol. The first-order chi connectivity index (χ1) is 8.13. The number of thiophene rings is 1. The molecule has 92 valence electrons. The third-order valence-corrected chi connectivity index (χ3v) is 3.95. The first-order valence-electron chi connectivity index (χ1n) is 5.29. The summed E-state index contributed by atoms with van der Waals surface area (Å²) in [5, 5.41) is 4.56. The summed E-state index contributed by atoms with van der Waals surface area (Å²) in [5.41, 5.74) is 1.17. The number of rotatable bonds is 4. The number of ether oxygens (including phenoxy) is 1. The van der Waals surface area contributed by atoms with Crippen LogP contribution in [0.3, 0.4) is 0 Å². The van der Waals surface area contributed by atoms with Crippen molar-refractivity contribution >= 4 is 39.1 Å². The second-order valence-electron chi connectivity index (χ2n) is 3.72. The van der Waals surface area contributed by atoms with Gasteiger partial charge in [-0.3, -0.25) is 0 Å². The molecular formula is C11H14ClN3OS. The summed E-state index contributed by atoms with van der Waals surface area (Å²) < 4.78 is 4.96. The van der Waals surface area contributed by atoms with Gasteiger partial charge in [-0.25, -0.2) is 9.97 Å². The zero-order valence-corrected chi connectivity index (χ0v) is 11.6. The minimum absolute atomic E-state index is 0.511. The molecule has 0 aliphatic carbocycles. The lowest BCUT2D eigenvalue weighted by atomic mass is 10.2. The van der Waals surface area contributed by atoms with Crippen LogP contribution in [0.25, 0.3) is 10.2 Å². The fourth-order valence-electron chi connectivity index (χ4n) is 1.54. The molecule has 0 radical (unpaired) electrons. The molecule has 1 N–H and O–H groups in total. The van der Waals surface area contributed by atoms with Crippen LogP contribution in [0.2, 0.25) is 5.15 Å². The molecule has 0 bridgehead atoms. The van der Waals surface area contributed by atoms with Crippen LogP contribution in [0.4, 0.5) is 5.95 Å². The van der Waals surface area contributed by atoms with Gasteiger partial charge in [0.2, 0.25) is 5.95 Å². The summed E-state index contributed by atoms with van der Waals surface area (Å²) in [7, 11) is 1.66. The minimum Gasteiger partial charge on any atom is -0.383 e. The Morgan fingerprint density at radius 2 is 2.12 bits per heavy atom. The second kappa shape index (κ2) is 5.16. The topological polar surface area (TPSA) is 47.0 Å². The summed E-state index contributed by atoms with van der Waals surface area (Å²) in [6, 6.07) is 0. The van der Waals surface area contributed by atoms with E-state index in [0.29, 0.717) is 24.3 Å². The summed E-state index contributed by atoms with van der Waals surface area (Å²) in [5.74, 6) is 0.556. The van der Waals surface area contributed by atoms with Crippen molar-refractivity contribution in [3.05, 3.63) is 15.6 Å². The quantitative estimate of drug-likeness (QED) is 0.686. The number of fused-ring (bicyclic) bond motifs is 1. The molecule has 0 aliphatic rings. The fourth-order valence-corrected chi connectivity index (χ4v) is 2.94. The highest BCUT2D eigenvalue weighted by Crippen LogP contribution is 2.33. The molecule has 0 saturated heterocycles. The molecule has 0 spiro atoms. The Morgan fingerprint density at radius 1 is 1.35 bits per heavy atom. The molecule has 0 aromatic carbocycles. The molecule has 2 aromatic rings.